The van der Waals surface area contributed by atoms with E-state index in [1.165, 1.54) is 6.33 Å². The fraction of sp³-hybridized carbons (Fsp3) is 0.400. The topological polar surface area (TPSA) is 144 Å². The number of nitrogens with two attached hydrogens (primary N) is 1. The Balaban J connectivity index is 1.86. The van der Waals surface area contributed by atoms with Crippen molar-refractivity contribution in [2.24, 2.45) is 5.16 Å². The van der Waals surface area contributed by atoms with Crippen LogP contribution in [0.4, 0.5) is 5.82 Å². The number of nitrogens with one attached hydrogen (secondary N) is 2. The highest BCUT2D eigenvalue weighted by Gasteiger charge is 2.41. The van der Waals surface area contributed by atoms with Crippen LogP contribution in [-0.2, 0) is 15.0 Å². The van der Waals surface area contributed by atoms with Gasteiger partial charge >= 0.3 is 7.05 Å². The van der Waals surface area contributed by atoms with Crippen molar-refractivity contribution >= 4 is 24.5 Å². The smallest absolute Gasteiger partial charge is 0.373 e. The molecule has 0 aliphatic heterocycles. The average molecular weight is 426 g/mol. The summed E-state index contributed by atoms with van der Waals surface area (Å²) >= 11 is 0. The summed E-state index contributed by atoms with van der Waals surface area (Å²) < 4.78 is 5.38. The van der Waals surface area contributed by atoms with Gasteiger partial charge in [-0.25, -0.2) is 9.97 Å². The molecule has 1 aliphatic rings. The number of anilines is 1. The average Bonchev–Trinajstić information content (AvgIpc) is 2.72. The lowest BCUT2D eigenvalue weighted by atomic mass is 9.70. The second kappa shape index (κ2) is 9.31. The van der Waals surface area contributed by atoms with Crippen molar-refractivity contribution in [1.29, 1.82) is 0 Å². The lowest BCUT2D eigenvalue weighted by Crippen LogP contribution is -2.39. The lowest BCUT2D eigenvalue weighted by molar-refractivity contribution is -0.125. The van der Waals surface area contributed by atoms with Gasteiger partial charge < -0.3 is 30.9 Å². The first kappa shape index (κ1) is 22.5. The van der Waals surface area contributed by atoms with Crippen LogP contribution in [0.3, 0.4) is 0 Å². The molecule has 0 saturated carbocycles. The maximum Gasteiger partial charge on any atom is 0.373 e. The molecule has 1 heterocycles. The van der Waals surface area contributed by atoms with Crippen molar-refractivity contribution in [1.82, 2.24) is 20.5 Å². The van der Waals surface area contributed by atoms with Crippen molar-refractivity contribution in [3.05, 3.63) is 35.7 Å². The Hall–Kier alpha value is -3.18. The zero-order valence-electron chi connectivity index (χ0n) is 18.1. The number of benzene rings is 1. The highest BCUT2D eigenvalue weighted by atomic mass is 16.6. The predicted molar refractivity (Wildman–Crippen MR) is 119 cm³/mol. The van der Waals surface area contributed by atoms with Crippen molar-refractivity contribution in [3.63, 3.8) is 0 Å². The number of oxime groups is 1. The van der Waals surface area contributed by atoms with E-state index in [1.54, 1.807) is 13.9 Å². The van der Waals surface area contributed by atoms with Crippen LogP contribution in [0.15, 0.2) is 29.7 Å². The molecule has 1 aliphatic carbocycles. The fourth-order valence-corrected chi connectivity index (χ4v) is 3.58. The monoisotopic (exact) mass is 426 g/mol. The van der Waals surface area contributed by atoms with E-state index in [2.05, 4.69) is 25.7 Å². The fourth-order valence-electron chi connectivity index (χ4n) is 3.58. The molecule has 164 valence electrons. The maximum absolute atomic E-state index is 12.0. The molecule has 0 radical (unpaired) electrons. The van der Waals surface area contributed by atoms with Crippen LogP contribution >= 0.6 is 0 Å². The third-order valence-electron chi connectivity index (χ3n) is 5.07. The van der Waals surface area contributed by atoms with Crippen molar-refractivity contribution < 1.29 is 19.4 Å². The number of hydrogen-bond acceptors (Lipinski definition) is 9. The Morgan fingerprint density at radius 1 is 1.29 bits per heavy atom. The molecule has 31 heavy (non-hydrogen) atoms. The number of nitrogen functional groups attached to an aromatic ring is 1. The molecule has 3 rings (SSSR count). The SMILES string of the molecule is COc1ccc2c(c1)/C(=N\OCC(=O)NCCNB(C)O)C(C)(C)c1c(N)ncnc1-2. The lowest BCUT2D eigenvalue weighted by Gasteiger charge is -2.34. The van der Waals surface area contributed by atoms with Gasteiger partial charge in [0, 0.05) is 35.2 Å². The summed E-state index contributed by atoms with van der Waals surface area (Å²) in [5.41, 5.74) is 9.24. The Kier molecular flexibility index (Phi) is 6.76. The third kappa shape index (κ3) is 4.78. The summed E-state index contributed by atoms with van der Waals surface area (Å²) in [6.07, 6.45) is 1.44. The summed E-state index contributed by atoms with van der Waals surface area (Å²) in [4.78, 5) is 26.1. The molecule has 0 saturated heterocycles. The van der Waals surface area contributed by atoms with Crippen molar-refractivity contribution in [2.75, 3.05) is 32.5 Å². The Bertz CT molecular complexity index is 996. The van der Waals surface area contributed by atoms with Gasteiger partial charge in [0.15, 0.2) is 6.61 Å². The minimum atomic E-state index is -0.669. The van der Waals surface area contributed by atoms with E-state index in [0.29, 0.717) is 30.4 Å². The number of rotatable bonds is 8. The Labute approximate surface area is 181 Å². The maximum atomic E-state index is 12.0. The molecule has 0 unspecified atom stereocenters. The Morgan fingerprint density at radius 2 is 2.06 bits per heavy atom. The minimum absolute atomic E-state index is 0.249. The molecule has 5 N–H and O–H groups in total. The predicted octanol–water partition coefficient (Wildman–Crippen LogP) is 0.562. The second-order valence-electron chi connectivity index (χ2n) is 7.71. The molecule has 10 nitrogen and oxygen atoms in total. The van der Waals surface area contributed by atoms with E-state index in [0.717, 1.165) is 22.4 Å². The largest absolute Gasteiger partial charge is 0.497 e. The molecule has 1 aromatic carbocycles. The van der Waals surface area contributed by atoms with Gasteiger partial charge in [-0.15, -0.1) is 0 Å². The van der Waals surface area contributed by atoms with Crippen molar-refractivity contribution in [2.45, 2.75) is 26.1 Å². The van der Waals surface area contributed by atoms with Crippen LogP contribution in [0.5, 0.6) is 5.75 Å². The number of nitrogens with zero attached hydrogens (tertiary/aromatic N) is 3. The molecule has 0 spiro atoms. The summed E-state index contributed by atoms with van der Waals surface area (Å²) in [5, 5.41) is 19.0. The number of carbonyl (C=O) groups excluding carboxylic acids is 1. The van der Waals surface area contributed by atoms with E-state index in [-0.39, 0.29) is 12.5 Å². The van der Waals surface area contributed by atoms with Gasteiger partial charge in [-0.2, -0.15) is 0 Å². The summed E-state index contributed by atoms with van der Waals surface area (Å²) in [5.74, 6) is 0.711. The van der Waals surface area contributed by atoms with E-state index in [1.807, 2.05) is 32.0 Å². The molecule has 11 heteroatoms. The summed E-state index contributed by atoms with van der Waals surface area (Å²) in [7, 11) is 0.956. The zero-order chi connectivity index (χ0) is 22.6. The molecule has 2 aromatic rings. The van der Waals surface area contributed by atoms with E-state index in [9.17, 15) is 4.79 Å². The van der Waals surface area contributed by atoms with Crippen LogP contribution in [-0.4, -0.2) is 60.5 Å². The number of amides is 1. The standard InChI is InChI=1S/C20H27BN6O4/c1-20(2)16-17(24-11-25-19(16)22)13-6-5-12(30-4)9-14(13)18(20)27-31-10-15(28)23-7-8-26-21(3)29/h5-6,9,11,26,29H,7-8,10H2,1-4H3,(H,23,28)(H2,22,24,25)/b27-18+. The minimum Gasteiger partial charge on any atom is -0.497 e. The number of fused-ring (bicyclic) bond motifs is 3. The number of aromatic nitrogens is 2. The zero-order valence-corrected chi connectivity index (χ0v) is 18.1. The first-order valence-corrected chi connectivity index (χ1v) is 9.94. The van der Waals surface area contributed by atoms with Gasteiger partial charge in [-0.3, -0.25) is 4.79 Å². The van der Waals surface area contributed by atoms with E-state index >= 15 is 0 Å². The molecule has 0 fully saturated rings. The first-order chi connectivity index (χ1) is 14.8. The second-order valence-corrected chi connectivity index (χ2v) is 7.71. The molecular weight excluding hydrogens is 399 g/mol. The Morgan fingerprint density at radius 3 is 2.77 bits per heavy atom. The van der Waals surface area contributed by atoms with Crippen LogP contribution in [0, 0.1) is 0 Å². The van der Waals surface area contributed by atoms with Gasteiger partial charge in [0.2, 0.25) is 0 Å². The van der Waals surface area contributed by atoms with Crippen LogP contribution in [0.1, 0.15) is 25.0 Å². The van der Waals surface area contributed by atoms with Gasteiger partial charge in [0.05, 0.1) is 18.5 Å². The number of methoxy groups -OCH3 is 1. The van der Waals surface area contributed by atoms with Gasteiger partial charge in [-0.05, 0) is 38.9 Å². The van der Waals surface area contributed by atoms with Crippen molar-refractivity contribution in [3.8, 4) is 17.0 Å². The first-order valence-electron chi connectivity index (χ1n) is 9.94. The quantitative estimate of drug-likeness (QED) is 0.272. The number of carbonyl (C=O) groups is 1. The summed E-state index contributed by atoms with van der Waals surface area (Å²) in [6.45, 7) is 6.07. The number of hydrogen-bond donors (Lipinski definition) is 4. The van der Waals surface area contributed by atoms with Gasteiger partial charge in [-0.1, -0.05) is 5.16 Å². The van der Waals surface area contributed by atoms with Crippen LogP contribution in [0.25, 0.3) is 11.3 Å². The van der Waals surface area contributed by atoms with Gasteiger partial charge in [0.25, 0.3) is 5.91 Å². The van der Waals surface area contributed by atoms with Crippen LogP contribution in [0.2, 0.25) is 6.82 Å². The highest BCUT2D eigenvalue weighted by Crippen LogP contribution is 2.45. The molecule has 0 bridgehead atoms. The summed E-state index contributed by atoms with van der Waals surface area (Å²) in [6, 6.07) is 5.60. The molecular formula is C20H27BN6O4. The van der Waals surface area contributed by atoms with Gasteiger partial charge in [0.1, 0.15) is 17.9 Å². The van der Waals surface area contributed by atoms with E-state index < -0.39 is 12.5 Å². The highest BCUT2D eigenvalue weighted by molar-refractivity contribution is 6.45. The van der Waals surface area contributed by atoms with Crippen LogP contribution < -0.4 is 21.0 Å². The molecule has 1 aromatic heterocycles. The molecule has 1 amide bonds. The normalized spacial score (nSPS) is 15.1. The third-order valence-corrected chi connectivity index (χ3v) is 5.07. The van der Waals surface area contributed by atoms with E-state index in [4.69, 9.17) is 20.3 Å². The molecule has 0 atom stereocenters. The number of ether oxygens (including phenoxy) is 1.